The van der Waals surface area contributed by atoms with Crippen molar-refractivity contribution in [1.82, 2.24) is 0 Å². The molecule has 1 N–H and O–H groups in total. The van der Waals surface area contributed by atoms with Crippen molar-refractivity contribution < 1.29 is 14.6 Å². The van der Waals surface area contributed by atoms with Crippen LogP contribution in [0.5, 0.6) is 5.75 Å². The average molecular weight is 264 g/mol. The van der Waals surface area contributed by atoms with Gasteiger partial charge in [-0.25, -0.2) is 0 Å². The fourth-order valence-electron chi connectivity index (χ4n) is 1.21. The first kappa shape index (κ1) is 14.6. The van der Waals surface area contributed by atoms with Crippen molar-refractivity contribution in [3.63, 3.8) is 0 Å². The van der Waals surface area contributed by atoms with Crippen LogP contribution in [0, 0.1) is 11.8 Å². The van der Waals surface area contributed by atoms with E-state index in [0.29, 0.717) is 13.0 Å². The van der Waals surface area contributed by atoms with Gasteiger partial charge in [-0.3, -0.25) is 4.79 Å². The molecule has 0 fully saturated rings. The number of carbonyl (C=O) groups is 1. The zero-order chi connectivity index (χ0) is 13.2. The van der Waals surface area contributed by atoms with Gasteiger partial charge in [0.15, 0.2) is 5.12 Å². The molecule has 0 aliphatic rings. The number of hydrogen-bond donors (Lipinski definition) is 1. The van der Waals surface area contributed by atoms with Crippen LogP contribution >= 0.6 is 11.8 Å². The van der Waals surface area contributed by atoms with Gasteiger partial charge in [0.2, 0.25) is 0 Å². The molecule has 0 aliphatic carbocycles. The summed E-state index contributed by atoms with van der Waals surface area (Å²) in [5.74, 6) is 7.50. The minimum absolute atomic E-state index is 0.00930. The Balaban J connectivity index is 2.38. The van der Waals surface area contributed by atoms with Crippen LogP contribution in [0.2, 0.25) is 0 Å². The van der Waals surface area contributed by atoms with Gasteiger partial charge in [-0.05, 0) is 24.3 Å². The van der Waals surface area contributed by atoms with E-state index in [1.165, 1.54) is 11.8 Å². The number of ether oxygens (including phenoxy) is 1. The Morgan fingerprint density at radius 3 is 2.72 bits per heavy atom. The standard InChI is InChI=1S/C14H16O3S/c1-12(16)18-11-3-2-4-13-5-7-14(8-6-13)17-10-9-15/h5-8,15H,3,9-11H2,1H3. The second kappa shape index (κ2) is 8.62. The molecule has 3 nitrogen and oxygen atoms in total. The minimum atomic E-state index is 0.00930. The Kier molecular flexibility index (Phi) is 7.00. The van der Waals surface area contributed by atoms with E-state index in [2.05, 4.69) is 11.8 Å². The predicted molar refractivity (Wildman–Crippen MR) is 73.7 cm³/mol. The van der Waals surface area contributed by atoms with E-state index in [-0.39, 0.29) is 11.7 Å². The lowest BCUT2D eigenvalue weighted by atomic mass is 10.2. The lowest BCUT2D eigenvalue weighted by Crippen LogP contribution is -2.01. The van der Waals surface area contributed by atoms with E-state index in [1.807, 2.05) is 24.3 Å². The third kappa shape index (κ3) is 6.33. The zero-order valence-electron chi connectivity index (χ0n) is 10.3. The first-order chi connectivity index (χ1) is 8.72. The van der Waals surface area contributed by atoms with E-state index in [4.69, 9.17) is 9.84 Å². The van der Waals surface area contributed by atoms with Crippen LogP contribution in [0.25, 0.3) is 0 Å². The van der Waals surface area contributed by atoms with E-state index >= 15 is 0 Å². The van der Waals surface area contributed by atoms with Crippen LogP contribution < -0.4 is 4.74 Å². The van der Waals surface area contributed by atoms with Gasteiger partial charge in [0, 0.05) is 24.7 Å². The van der Waals surface area contributed by atoms with Crippen LogP contribution in [0.15, 0.2) is 24.3 Å². The third-order valence-electron chi connectivity index (χ3n) is 1.98. The fraction of sp³-hybridized carbons (Fsp3) is 0.357. The number of aliphatic hydroxyl groups is 1. The molecular weight excluding hydrogens is 248 g/mol. The highest BCUT2D eigenvalue weighted by atomic mass is 32.2. The maximum atomic E-state index is 10.7. The van der Waals surface area contributed by atoms with Gasteiger partial charge >= 0.3 is 0 Å². The van der Waals surface area contributed by atoms with Gasteiger partial charge in [-0.2, -0.15) is 0 Å². The van der Waals surface area contributed by atoms with Crippen LogP contribution in [-0.4, -0.2) is 29.2 Å². The normalized spacial score (nSPS) is 9.44. The van der Waals surface area contributed by atoms with E-state index in [1.54, 1.807) is 6.92 Å². The maximum absolute atomic E-state index is 10.7. The third-order valence-corrected chi connectivity index (χ3v) is 2.79. The highest BCUT2D eigenvalue weighted by Gasteiger charge is 1.93. The Morgan fingerprint density at radius 2 is 2.11 bits per heavy atom. The molecule has 0 unspecified atom stereocenters. The highest BCUT2D eigenvalue weighted by Crippen LogP contribution is 2.11. The van der Waals surface area contributed by atoms with Crippen molar-refractivity contribution in [2.45, 2.75) is 13.3 Å². The van der Waals surface area contributed by atoms with Crippen molar-refractivity contribution in [2.24, 2.45) is 0 Å². The van der Waals surface area contributed by atoms with Crippen LogP contribution in [0.4, 0.5) is 0 Å². The average Bonchev–Trinajstić information content (AvgIpc) is 2.37. The van der Waals surface area contributed by atoms with Crippen LogP contribution in [-0.2, 0) is 4.79 Å². The smallest absolute Gasteiger partial charge is 0.185 e. The summed E-state index contributed by atoms with van der Waals surface area (Å²) in [5.41, 5.74) is 0.916. The Hall–Kier alpha value is -1.44. The second-order valence-corrected chi connectivity index (χ2v) is 4.76. The van der Waals surface area contributed by atoms with Crippen molar-refractivity contribution in [3.05, 3.63) is 29.8 Å². The SMILES string of the molecule is CC(=O)SCCC#Cc1ccc(OCCO)cc1. The molecule has 0 heterocycles. The predicted octanol–water partition coefficient (Wildman–Crippen LogP) is 2.08. The lowest BCUT2D eigenvalue weighted by Gasteiger charge is -2.02. The van der Waals surface area contributed by atoms with Gasteiger partial charge < -0.3 is 9.84 Å². The van der Waals surface area contributed by atoms with Gasteiger partial charge in [-0.1, -0.05) is 23.6 Å². The molecule has 1 aromatic carbocycles. The second-order valence-electron chi connectivity index (χ2n) is 3.49. The molecule has 0 radical (unpaired) electrons. The fourth-order valence-corrected chi connectivity index (χ4v) is 1.70. The summed E-state index contributed by atoms with van der Waals surface area (Å²) in [6.45, 7) is 1.87. The van der Waals surface area contributed by atoms with Crippen LogP contribution in [0.3, 0.4) is 0 Å². The van der Waals surface area contributed by atoms with Gasteiger partial charge in [0.25, 0.3) is 0 Å². The molecular formula is C14H16O3S. The highest BCUT2D eigenvalue weighted by molar-refractivity contribution is 8.13. The Labute approximate surface area is 112 Å². The topological polar surface area (TPSA) is 46.5 Å². The molecule has 4 heteroatoms. The van der Waals surface area contributed by atoms with E-state index in [9.17, 15) is 4.79 Å². The molecule has 0 aliphatic heterocycles. The zero-order valence-corrected chi connectivity index (χ0v) is 11.1. The first-order valence-corrected chi connectivity index (χ1v) is 6.67. The quantitative estimate of drug-likeness (QED) is 0.653. The number of benzene rings is 1. The summed E-state index contributed by atoms with van der Waals surface area (Å²) in [5, 5.41) is 8.74. The Bertz CT molecular complexity index is 429. The molecule has 0 atom stereocenters. The summed E-state index contributed by atoms with van der Waals surface area (Å²) in [6, 6.07) is 7.39. The molecule has 0 amide bonds. The molecule has 18 heavy (non-hydrogen) atoms. The van der Waals surface area contributed by atoms with E-state index < -0.39 is 0 Å². The monoisotopic (exact) mass is 264 g/mol. The molecule has 1 aromatic rings. The molecule has 0 saturated heterocycles. The summed E-state index contributed by atoms with van der Waals surface area (Å²) in [6.07, 6.45) is 0.701. The summed E-state index contributed by atoms with van der Waals surface area (Å²) in [4.78, 5) is 10.7. The number of hydrogen-bond acceptors (Lipinski definition) is 4. The van der Waals surface area contributed by atoms with Crippen molar-refractivity contribution in [3.8, 4) is 17.6 Å². The lowest BCUT2D eigenvalue weighted by molar-refractivity contribution is -0.109. The summed E-state index contributed by atoms with van der Waals surface area (Å²) < 4.78 is 5.24. The maximum Gasteiger partial charge on any atom is 0.185 e. The molecule has 96 valence electrons. The van der Waals surface area contributed by atoms with Crippen molar-refractivity contribution in [1.29, 1.82) is 0 Å². The van der Waals surface area contributed by atoms with Crippen LogP contribution in [0.1, 0.15) is 18.9 Å². The van der Waals surface area contributed by atoms with E-state index in [0.717, 1.165) is 17.1 Å². The summed E-state index contributed by atoms with van der Waals surface area (Å²) >= 11 is 1.29. The number of rotatable bonds is 5. The number of aliphatic hydroxyl groups excluding tert-OH is 1. The minimum Gasteiger partial charge on any atom is -0.491 e. The summed E-state index contributed by atoms with van der Waals surface area (Å²) in [7, 11) is 0. The largest absolute Gasteiger partial charge is 0.491 e. The van der Waals surface area contributed by atoms with Gasteiger partial charge in [0.1, 0.15) is 12.4 Å². The molecule has 0 saturated carbocycles. The number of thioether (sulfide) groups is 1. The molecule has 1 rings (SSSR count). The first-order valence-electron chi connectivity index (χ1n) is 5.68. The molecule has 0 spiro atoms. The van der Waals surface area contributed by atoms with Gasteiger partial charge in [-0.15, -0.1) is 0 Å². The Morgan fingerprint density at radius 1 is 1.39 bits per heavy atom. The molecule has 0 bridgehead atoms. The van der Waals surface area contributed by atoms with Crippen molar-refractivity contribution in [2.75, 3.05) is 19.0 Å². The van der Waals surface area contributed by atoms with Crippen molar-refractivity contribution >= 4 is 16.9 Å². The molecule has 0 aromatic heterocycles. The number of carbonyl (C=O) groups excluding carboxylic acids is 1. The van der Waals surface area contributed by atoms with Gasteiger partial charge in [0.05, 0.1) is 6.61 Å².